The third kappa shape index (κ3) is 2.12. The Morgan fingerprint density at radius 1 is 1.16 bits per heavy atom. The maximum atomic E-state index is 12.6. The van der Waals surface area contributed by atoms with E-state index in [1.165, 1.54) is 4.57 Å². The van der Waals surface area contributed by atoms with Gasteiger partial charge in [-0.3, -0.25) is 4.79 Å². The van der Waals surface area contributed by atoms with Gasteiger partial charge in [-0.1, -0.05) is 23.7 Å². The highest BCUT2D eigenvalue weighted by atomic mass is 127. The number of hydrogen-bond donors (Lipinski definition) is 0. The molecule has 0 N–H and O–H groups in total. The third-order valence-corrected chi connectivity index (χ3v) is 3.72. The first-order valence-electron chi connectivity index (χ1n) is 5.46. The van der Waals surface area contributed by atoms with Gasteiger partial charge < -0.3 is 0 Å². The molecule has 2 aromatic heterocycles. The summed E-state index contributed by atoms with van der Waals surface area (Å²) in [7, 11) is 0. The molecule has 0 aliphatic rings. The summed E-state index contributed by atoms with van der Waals surface area (Å²) in [5.41, 5.74) is 0.382. The van der Waals surface area contributed by atoms with Gasteiger partial charge in [-0.15, -0.1) is 0 Å². The van der Waals surface area contributed by atoms with E-state index in [2.05, 4.69) is 9.97 Å². The highest BCUT2D eigenvalue weighted by Gasteiger charge is 2.13. The van der Waals surface area contributed by atoms with Crippen LogP contribution in [0.2, 0.25) is 5.02 Å². The highest BCUT2D eigenvalue weighted by Crippen LogP contribution is 2.20. The zero-order valence-electron chi connectivity index (χ0n) is 9.55. The number of rotatable bonds is 1. The predicted molar refractivity (Wildman–Crippen MR) is 82.9 cm³/mol. The van der Waals surface area contributed by atoms with Crippen molar-refractivity contribution in [2.45, 2.75) is 0 Å². The predicted octanol–water partition coefficient (Wildman–Crippen LogP) is 3.04. The maximum absolute atomic E-state index is 12.6. The van der Waals surface area contributed by atoms with Gasteiger partial charge in [-0.25, -0.2) is 14.5 Å². The molecule has 0 unspecified atom stereocenters. The minimum absolute atomic E-state index is 0.210. The van der Waals surface area contributed by atoms with Gasteiger partial charge >= 0.3 is 0 Å². The van der Waals surface area contributed by atoms with Crippen LogP contribution >= 0.6 is 34.2 Å². The summed E-state index contributed by atoms with van der Waals surface area (Å²) < 4.78 is 2.01. The molecule has 2 heterocycles. The molecule has 0 saturated carbocycles. The van der Waals surface area contributed by atoms with Crippen molar-refractivity contribution >= 4 is 45.1 Å². The van der Waals surface area contributed by atoms with Gasteiger partial charge in [0.25, 0.3) is 5.56 Å². The summed E-state index contributed by atoms with van der Waals surface area (Å²) in [6.07, 6.45) is 1.63. The Balaban J connectivity index is 2.45. The van der Waals surface area contributed by atoms with Crippen molar-refractivity contribution in [2.75, 3.05) is 0 Å². The van der Waals surface area contributed by atoms with Crippen molar-refractivity contribution in [1.29, 1.82) is 0 Å². The fourth-order valence-electron chi connectivity index (χ4n) is 1.85. The number of pyridine rings is 1. The average molecular weight is 384 g/mol. The average Bonchev–Trinajstić information content (AvgIpc) is 2.39. The van der Waals surface area contributed by atoms with Crippen LogP contribution in [0.3, 0.4) is 0 Å². The lowest BCUT2D eigenvalue weighted by molar-refractivity contribution is 0.884. The summed E-state index contributed by atoms with van der Waals surface area (Å²) in [5, 5.41) is 0.811. The maximum Gasteiger partial charge on any atom is 0.269 e. The molecule has 3 rings (SSSR count). The van der Waals surface area contributed by atoms with Crippen molar-refractivity contribution < 1.29 is 0 Å². The fourth-order valence-corrected chi connectivity index (χ4v) is 2.82. The summed E-state index contributed by atoms with van der Waals surface area (Å²) in [6, 6.07) is 10.6. The summed E-state index contributed by atoms with van der Waals surface area (Å²) >= 11 is 8.12. The first-order valence-corrected chi connectivity index (χ1v) is 6.92. The van der Waals surface area contributed by atoms with Crippen LogP contribution < -0.4 is 5.56 Å². The molecule has 0 aliphatic carbocycles. The van der Waals surface area contributed by atoms with E-state index in [9.17, 15) is 4.79 Å². The molecule has 0 aliphatic heterocycles. The number of benzene rings is 1. The normalized spacial score (nSPS) is 10.8. The van der Waals surface area contributed by atoms with Crippen LogP contribution in [0.5, 0.6) is 0 Å². The van der Waals surface area contributed by atoms with E-state index in [1.54, 1.807) is 36.5 Å². The summed E-state index contributed by atoms with van der Waals surface area (Å²) in [5.74, 6) is 0.534. The Labute approximate surface area is 127 Å². The standard InChI is InChI=1S/C13H7ClIN3O/c14-8-4-3-5-9-11(8)12(19)18(13(15)17-9)10-6-1-2-7-16-10/h1-7H. The van der Waals surface area contributed by atoms with Crippen LogP contribution in [0.25, 0.3) is 16.7 Å². The zero-order chi connectivity index (χ0) is 13.4. The van der Waals surface area contributed by atoms with Crippen LogP contribution in [0.4, 0.5) is 0 Å². The molecule has 0 fully saturated rings. The second-order valence-corrected chi connectivity index (χ2v) is 5.22. The monoisotopic (exact) mass is 383 g/mol. The Morgan fingerprint density at radius 2 is 2.00 bits per heavy atom. The number of halogens is 2. The van der Waals surface area contributed by atoms with E-state index in [0.717, 1.165) is 0 Å². The number of fused-ring (bicyclic) bond motifs is 1. The van der Waals surface area contributed by atoms with Gasteiger partial charge in [0.05, 0.1) is 15.9 Å². The molecule has 4 nitrogen and oxygen atoms in total. The molecule has 0 saturated heterocycles. The lowest BCUT2D eigenvalue weighted by atomic mass is 10.2. The summed E-state index contributed by atoms with van der Waals surface area (Å²) in [6.45, 7) is 0. The van der Waals surface area contributed by atoms with E-state index in [4.69, 9.17) is 11.6 Å². The van der Waals surface area contributed by atoms with Crippen LogP contribution in [-0.4, -0.2) is 14.5 Å². The number of hydrogen-bond acceptors (Lipinski definition) is 3. The minimum Gasteiger partial charge on any atom is -0.268 e. The van der Waals surface area contributed by atoms with Crippen molar-refractivity contribution in [3.8, 4) is 5.82 Å². The second kappa shape index (κ2) is 4.90. The Morgan fingerprint density at radius 3 is 2.74 bits per heavy atom. The van der Waals surface area contributed by atoms with E-state index in [0.29, 0.717) is 25.6 Å². The minimum atomic E-state index is -0.210. The Kier molecular flexibility index (Phi) is 3.24. The van der Waals surface area contributed by atoms with Crippen molar-refractivity contribution in [3.05, 3.63) is 61.8 Å². The van der Waals surface area contributed by atoms with Crippen molar-refractivity contribution in [2.24, 2.45) is 0 Å². The van der Waals surface area contributed by atoms with Crippen molar-refractivity contribution in [1.82, 2.24) is 14.5 Å². The van der Waals surface area contributed by atoms with Gasteiger partial charge in [0.1, 0.15) is 5.82 Å². The first-order chi connectivity index (χ1) is 9.18. The molecule has 0 amide bonds. The molecular weight excluding hydrogens is 377 g/mol. The zero-order valence-corrected chi connectivity index (χ0v) is 12.5. The largest absolute Gasteiger partial charge is 0.269 e. The molecule has 3 aromatic rings. The Bertz CT molecular complexity index is 817. The van der Waals surface area contributed by atoms with E-state index in [1.807, 2.05) is 28.7 Å². The van der Waals surface area contributed by atoms with Gasteiger partial charge in [0.2, 0.25) is 0 Å². The highest BCUT2D eigenvalue weighted by molar-refractivity contribution is 14.1. The van der Waals surface area contributed by atoms with Crippen LogP contribution in [0.1, 0.15) is 0 Å². The fraction of sp³-hybridized carbons (Fsp3) is 0. The van der Waals surface area contributed by atoms with Crippen LogP contribution in [-0.2, 0) is 0 Å². The SMILES string of the molecule is O=c1c2c(Cl)cccc2nc(I)n1-c1ccccn1. The van der Waals surface area contributed by atoms with E-state index >= 15 is 0 Å². The molecule has 1 aromatic carbocycles. The van der Waals surface area contributed by atoms with Gasteiger partial charge in [-0.05, 0) is 24.3 Å². The molecule has 0 spiro atoms. The lowest BCUT2D eigenvalue weighted by Crippen LogP contribution is -2.23. The van der Waals surface area contributed by atoms with E-state index in [-0.39, 0.29) is 5.56 Å². The second-order valence-electron chi connectivity index (χ2n) is 3.84. The molecular formula is C13H7ClIN3O. The molecule has 94 valence electrons. The molecule has 0 bridgehead atoms. The lowest BCUT2D eigenvalue weighted by Gasteiger charge is -2.09. The topological polar surface area (TPSA) is 47.8 Å². The molecule has 6 heteroatoms. The van der Waals surface area contributed by atoms with Gasteiger partial charge in [0, 0.05) is 28.8 Å². The van der Waals surface area contributed by atoms with Crippen molar-refractivity contribution in [3.63, 3.8) is 0 Å². The number of aromatic nitrogens is 3. The van der Waals surface area contributed by atoms with Crippen LogP contribution in [0, 0.1) is 3.83 Å². The van der Waals surface area contributed by atoms with Crippen LogP contribution in [0.15, 0.2) is 47.4 Å². The number of nitrogens with zero attached hydrogens (tertiary/aromatic N) is 3. The third-order valence-electron chi connectivity index (χ3n) is 2.68. The molecule has 0 atom stereocenters. The smallest absolute Gasteiger partial charge is 0.268 e. The summed E-state index contributed by atoms with van der Waals surface area (Å²) in [4.78, 5) is 21.1. The van der Waals surface area contributed by atoms with Gasteiger partial charge in [-0.2, -0.15) is 0 Å². The first kappa shape index (κ1) is 12.6. The molecule has 19 heavy (non-hydrogen) atoms. The van der Waals surface area contributed by atoms with Gasteiger partial charge in [0.15, 0.2) is 3.83 Å². The van der Waals surface area contributed by atoms with E-state index < -0.39 is 0 Å². The Hall–Kier alpha value is -1.47. The quantitative estimate of drug-likeness (QED) is 0.479. The molecule has 0 radical (unpaired) electrons.